The van der Waals surface area contributed by atoms with Gasteiger partial charge in [-0.15, -0.1) is 0 Å². The smallest absolute Gasteiger partial charge is 0.380 e. The quantitative estimate of drug-likeness (QED) is 0.393. The lowest BCUT2D eigenvalue weighted by atomic mass is 9.96. The van der Waals surface area contributed by atoms with Crippen LogP contribution in [0.4, 0.5) is 18.9 Å². The molecular formula is C19H25F3N2O5S. The molecule has 11 heteroatoms. The maximum atomic E-state index is 13.0. The highest BCUT2D eigenvalue weighted by Crippen LogP contribution is 2.33. The van der Waals surface area contributed by atoms with Crippen molar-refractivity contribution < 1.29 is 35.7 Å². The Labute approximate surface area is 174 Å². The molecule has 0 spiro atoms. The molecule has 1 aromatic carbocycles. The molecule has 1 amide bonds. The van der Waals surface area contributed by atoms with Gasteiger partial charge < -0.3 is 10.4 Å². The number of amides is 1. The monoisotopic (exact) mass is 450 g/mol. The second kappa shape index (κ2) is 10.7. The summed E-state index contributed by atoms with van der Waals surface area (Å²) in [6.45, 7) is 1.38. The molecule has 0 heterocycles. The SMILES string of the molecule is C[C@](O)(CCCCCCCOS(C)(=O)=O)C(=O)Nc1ccc(C#N)c(C(F)(F)F)c1. The molecule has 0 aliphatic heterocycles. The van der Waals surface area contributed by atoms with E-state index in [1.54, 1.807) is 0 Å². The van der Waals surface area contributed by atoms with Crippen LogP contribution in [-0.4, -0.2) is 37.9 Å². The summed E-state index contributed by atoms with van der Waals surface area (Å²) in [5.74, 6) is -0.845. The van der Waals surface area contributed by atoms with E-state index in [1.165, 1.54) is 19.1 Å². The third-order valence-electron chi connectivity index (χ3n) is 4.30. The highest BCUT2D eigenvalue weighted by molar-refractivity contribution is 7.85. The molecule has 7 nitrogen and oxygen atoms in total. The molecule has 0 unspecified atom stereocenters. The maximum absolute atomic E-state index is 13.0. The zero-order valence-electron chi connectivity index (χ0n) is 16.8. The molecule has 30 heavy (non-hydrogen) atoms. The van der Waals surface area contributed by atoms with E-state index < -0.39 is 38.9 Å². The first-order valence-electron chi connectivity index (χ1n) is 9.26. The van der Waals surface area contributed by atoms with Gasteiger partial charge >= 0.3 is 6.18 Å². The van der Waals surface area contributed by atoms with E-state index in [0.717, 1.165) is 25.2 Å². The molecule has 0 saturated carbocycles. The predicted octanol–water partition coefficient (Wildman–Crippen LogP) is 3.58. The van der Waals surface area contributed by atoms with Crippen molar-refractivity contribution in [3.8, 4) is 6.07 Å². The molecule has 1 rings (SSSR count). The lowest BCUT2D eigenvalue weighted by Crippen LogP contribution is -2.40. The number of aliphatic hydroxyl groups is 1. The van der Waals surface area contributed by atoms with Crippen molar-refractivity contribution in [3.05, 3.63) is 29.3 Å². The first kappa shape index (κ1) is 25.9. The summed E-state index contributed by atoms with van der Waals surface area (Å²) in [5.41, 5.74) is -3.68. The number of rotatable bonds is 11. The highest BCUT2D eigenvalue weighted by atomic mass is 32.2. The highest BCUT2D eigenvalue weighted by Gasteiger charge is 2.35. The van der Waals surface area contributed by atoms with Crippen LogP contribution in [0.15, 0.2) is 18.2 Å². The van der Waals surface area contributed by atoms with Crippen LogP contribution >= 0.6 is 0 Å². The summed E-state index contributed by atoms with van der Waals surface area (Å²) < 4.78 is 65.3. The Bertz CT molecular complexity index is 877. The fraction of sp³-hybridized carbons (Fsp3) is 0.579. The van der Waals surface area contributed by atoms with Crippen LogP contribution in [0, 0.1) is 11.3 Å². The van der Waals surface area contributed by atoms with Crippen LogP contribution in [0.5, 0.6) is 0 Å². The van der Waals surface area contributed by atoms with Crippen LogP contribution in [0.2, 0.25) is 0 Å². The van der Waals surface area contributed by atoms with Gasteiger partial charge in [-0.25, -0.2) is 0 Å². The van der Waals surface area contributed by atoms with Crippen molar-refractivity contribution in [2.45, 2.75) is 57.2 Å². The first-order valence-corrected chi connectivity index (χ1v) is 11.1. The van der Waals surface area contributed by atoms with E-state index in [4.69, 9.17) is 5.26 Å². The summed E-state index contributed by atoms with van der Waals surface area (Å²) in [6, 6.07) is 4.24. The van der Waals surface area contributed by atoms with E-state index in [2.05, 4.69) is 9.50 Å². The summed E-state index contributed by atoms with van der Waals surface area (Å²) >= 11 is 0. The van der Waals surface area contributed by atoms with Crippen molar-refractivity contribution in [1.82, 2.24) is 0 Å². The van der Waals surface area contributed by atoms with Gasteiger partial charge in [-0.05, 0) is 38.0 Å². The number of nitriles is 1. The maximum Gasteiger partial charge on any atom is 0.417 e. The lowest BCUT2D eigenvalue weighted by molar-refractivity contribution is -0.138. The fourth-order valence-corrected chi connectivity index (χ4v) is 3.07. The molecule has 0 saturated heterocycles. The number of carbonyl (C=O) groups excluding carboxylic acids is 1. The number of anilines is 1. The number of hydrogen-bond acceptors (Lipinski definition) is 6. The third-order valence-corrected chi connectivity index (χ3v) is 4.89. The van der Waals surface area contributed by atoms with Crippen LogP contribution < -0.4 is 5.32 Å². The summed E-state index contributed by atoms with van der Waals surface area (Å²) in [4.78, 5) is 12.3. The van der Waals surface area contributed by atoms with E-state index in [0.29, 0.717) is 25.3 Å². The Morgan fingerprint density at radius 1 is 1.20 bits per heavy atom. The van der Waals surface area contributed by atoms with Gasteiger partial charge in [-0.2, -0.15) is 26.9 Å². The number of alkyl halides is 3. The molecule has 2 N–H and O–H groups in total. The average molecular weight is 450 g/mol. The van der Waals surface area contributed by atoms with E-state index in [9.17, 15) is 31.5 Å². The van der Waals surface area contributed by atoms with Crippen LogP contribution in [0.3, 0.4) is 0 Å². The zero-order valence-corrected chi connectivity index (χ0v) is 17.6. The number of benzene rings is 1. The largest absolute Gasteiger partial charge is 0.417 e. The van der Waals surface area contributed by atoms with Crippen LogP contribution in [-0.2, 0) is 25.3 Å². The van der Waals surface area contributed by atoms with Gasteiger partial charge in [0.2, 0.25) is 0 Å². The second-order valence-electron chi connectivity index (χ2n) is 7.14. The summed E-state index contributed by atoms with van der Waals surface area (Å²) in [5, 5.41) is 21.4. The van der Waals surface area contributed by atoms with Gasteiger partial charge in [0.15, 0.2) is 0 Å². The minimum atomic E-state index is -4.75. The number of halogens is 3. The normalized spacial score (nSPS) is 14.0. The average Bonchev–Trinajstić information content (AvgIpc) is 2.62. The van der Waals surface area contributed by atoms with Crippen molar-refractivity contribution in [1.29, 1.82) is 5.26 Å². The van der Waals surface area contributed by atoms with E-state index in [1.807, 2.05) is 0 Å². The standard InChI is InChI=1S/C19H25F3N2O5S/c1-18(26,10-6-4-3-5-7-11-29-30(2,27)28)17(25)24-15-9-8-14(13-23)16(12-15)19(20,21)22/h8-9,12,26H,3-7,10-11H2,1-2H3,(H,24,25)/t18-/m0/s1. The fourth-order valence-electron chi connectivity index (χ4n) is 2.65. The Kier molecular flexibility index (Phi) is 9.27. The molecule has 0 aromatic heterocycles. The van der Waals surface area contributed by atoms with E-state index in [-0.39, 0.29) is 18.7 Å². The third kappa shape index (κ3) is 9.11. The number of nitrogens with zero attached hydrogens (tertiary/aromatic N) is 1. The molecule has 1 atom stereocenters. The molecule has 168 valence electrons. The molecule has 0 aliphatic carbocycles. The molecule has 0 fully saturated rings. The van der Waals surface area contributed by atoms with Crippen molar-refractivity contribution >= 4 is 21.7 Å². The number of carbonyl (C=O) groups is 1. The number of nitrogens with one attached hydrogen (secondary N) is 1. The summed E-state index contributed by atoms with van der Waals surface area (Å²) in [7, 11) is -3.45. The minimum Gasteiger partial charge on any atom is -0.380 e. The zero-order chi connectivity index (χ0) is 23.0. The van der Waals surface area contributed by atoms with Crippen molar-refractivity contribution in [2.24, 2.45) is 0 Å². The molecule has 1 aromatic rings. The Hall–Kier alpha value is -2.16. The molecule has 0 aliphatic rings. The Balaban J connectivity index is 2.50. The second-order valence-corrected chi connectivity index (χ2v) is 8.79. The van der Waals surface area contributed by atoms with Crippen molar-refractivity contribution in [2.75, 3.05) is 18.2 Å². The number of hydrogen-bond donors (Lipinski definition) is 2. The molecule has 0 radical (unpaired) electrons. The van der Waals surface area contributed by atoms with Gasteiger partial charge in [-0.1, -0.05) is 25.7 Å². The van der Waals surface area contributed by atoms with E-state index >= 15 is 0 Å². The summed E-state index contributed by atoms with van der Waals surface area (Å²) in [6.07, 6.45) is -0.482. The van der Waals surface area contributed by atoms with Gasteiger partial charge in [0.25, 0.3) is 16.0 Å². The van der Waals surface area contributed by atoms with Crippen molar-refractivity contribution in [3.63, 3.8) is 0 Å². The lowest BCUT2D eigenvalue weighted by Gasteiger charge is -2.22. The topological polar surface area (TPSA) is 116 Å². The number of unbranched alkanes of at least 4 members (excludes halogenated alkanes) is 4. The molecule has 0 bridgehead atoms. The van der Waals surface area contributed by atoms with Gasteiger partial charge in [0.1, 0.15) is 5.60 Å². The van der Waals surface area contributed by atoms with Crippen LogP contribution in [0.25, 0.3) is 0 Å². The Morgan fingerprint density at radius 2 is 1.80 bits per heavy atom. The van der Waals surface area contributed by atoms with Gasteiger partial charge in [0.05, 0.1) is 30.1 Å². The molecular weight excluding hydrogens is 425 g/mol. The van der Waals surface area contributed by atoms with Gasteiger partial charge in [0, 0.05) is 5.69 Å². The first-order chi connectivity index (χ1) is 13.8. The van der Waals surface area contributed by atoms with Crippen LogP contribution in [0.1, 0.15) is 56.6 Å². The minimum absolute atomic E-state index is 0.0983. The van der Waals surface area contributed by atoms with Gasteiger partial charge in [-0.3, -0.25) is 8.98 Å². The predicted molar refractivity (Wildman–Crippen MR) is 104 cm³/mol. The Morgan fingerprint density at radius 3 is 2.37 bits per heavy atom.